The number of thiophene rings is 1. The summed E-state index contributed by atoms with van der Waals surface area (Å²) in [5.74, 6) is -1.53. The summed E-state index contributed by atoms with van der Waals surface area (Å²) in [4.78, 5) is 22.3. The molecule has 2 amide bonds. The van der Waals surface area contributed by atoms with Crippen molar-refractivity contribution >= 4 is 28.8 Å². The van der Waals surface area contributed by atoms with Crippen molar-refractivity contribution in [2.75, 3.05) is 5.32 Å². The first-order chi connectivity index (χ1) is 7.00. The Morgan fingerprint density at radius 3 is 2.80 bits per heavy atom. The van der Waals surface area contributed by atoms with Gasteiger partial charge in [-0.15, -0.1) is 17.1 Å². The highest BCUT2D eigenvalue weighted by Crippen LogP contribution is 2.21. The number of hydrogen-bond acceptors (Lipinski definition) is 4. The lowest BCUT2D eigenvalue weighted by Gasteiger charge is -2.05. The summed E-state index contributed by atoms with van der Waals surface area (Å²) in [6.07, 6.45) is 0.905. The van der Waals surface area contributed by atoms with Crippen LogP contribution in [0.2, 0.25) is 0 Å². The van der Waals surface area contributed by atoms with Crippen molar-refractivity contribution in [2.45, 2.75) is 6.92 Å². The molecule has 0 aliphatic carbocycles. The molecule has 0 aromatic carbocycles. The molecular formula is C9H9N2O3S-. The smallest absolute Gasteiger partial charge is 0.260 e. The lowest BCUT2D eigenvalue weighted by molar-refractivity contribution is -0.301. The Morgan fingerprint density at radius 1 is 1.60 bits per heavy atom. The van der Waals surface area contributed by atoms with Gasteiger partial charge in [0.25, 0.3) is 5.91 Å². The molecule has 15 heavy (non-hydrogen) atoms. The van der Waals surface area contributed by atoms with Crippen molar-refractivity contribution in [1.82, 2.24) is 0 Å². The van der Waals surface area contributed by atoms with Crippen LogP contribution >= 0.6 is 11.3 Å². The fourth-order valence-electron chi connectivity index (χ4n) is 0.952. The Labute approximate surface area is 90.2 Å². The molecule has 6 heteroatoms. The molecule has 80 valence electrons. The molecular weight excluding hydrogens is 216 g/mol. The van der Waals surface area contributed by atoms with Gasteiger partial charge < -0.3 is 16.2 Å². The maximum absolute atomic E-state index is 11.2. The average Bonchev–Trinajstić information content (AvgIpc) is 2.50. The van der Waals surface area contributed by atoms with Crippen molar-refractivity contribution in [2.24, 2.45) is 5.73 Å². The normalized spacial score (nSPS) is 11.1. The first-order valence-corrected chi connectivity index (χ1v) is 4.92. The van der Waals surface area contributed by atoms with E-state index >= 15 is 0 Å². The summed E-state index contributed by atoms with van der Waals surface area (Å²) in [7, 11) is 0. The van der Waals surface area contributed by atoms with E-state index in [1.807, 2.05) is 0 Å². The summed E-state index contributed by atoms with van der Waals surface area (Å²) < 4.78 is 0. The molecule has 0 atom stereocenters. The molecule has 0 aliphatic rings. The average molecular weight is 225 g/mol. The van der Waals surface area contributed by atoms with Crippen molar-refractivity contribution in [3.05, 3.63) is 28.2 Å². The third kappa shape index (κ3) is 3.10. The van der Waals surface area contributed by atoms with Crippen LogP contribution in [-0.4, -0.2) is 11.8 Å². The van der Waals surface area contributed by atoms with Crippen LogP contribution in [0.15, 0.2) is 23.3 Å². The van der Waals surface area contributed by atoms with Gasteiger partial charge in [0.15, 0.2) is 0 Å². The van der Waals surface area contributed by atoms with E-state index in [9.17, 15) is 14.7 Å². The Morgan fingerprint density at radius 2 is 2.27 bits per heavy atom. The topological polar surface area (TPSA) is 95.2 Å². The molecule has 0 unspecified atom stereocenters. The van der Waals surface area contributed by atoms with Gasteiger partial charge in [-0.25, -0.2) is 0 Å². The van der Waals surface area contributed by atoms with Crippen LogP contribution in [-0.2, 0) is 4.79 Å². The Balaban J connectivity index is 2.81. The van der Waals surface area contributed by atoms with Crippen LogP contribution < -0.4 is 16.2 Å². The molecule has 0 bridgehead atoms. The highest BCUT2D eigenvalue weighted by Gasteiger charge is 2.10. The van der Waals surface area contributed by atoms with Gasteiger partial charge in [0, 0.05) is 0 Å². The van der Waals surface area contributed by atoms with Gasteiger partial charge in [0.1, 0.15) is 4.88 Å². The van der Waals surface area contributed by atoms with E-state index in [0.29, 0.717) is 5.69 Å². The maximum atomic E-state index is 11.2. The van der Waals surface area contributed by atoms with Gasteiger partial charge in [-0.1, -0.05) is 6.92 Å². The zero-order valence-electron chi connectivity index (χ0n) is 7.94. The van der Waals surface area contributed by atoms with E-state index in [1.165, 1.54) is 6.92 Å². The molecule has 0 aliphatic heterocycles. The summed E-state index contributed by atoms with van der Waals surface area (Å²) >= 11 is 1.13. The lowest BCUT2D eigenvalue weighted by Crippen LogP contribution is -2.16. The van der Waals surface area contributed by atoms with E-state index in [1.54, 1.807) is 11.4 Å². The number of allylic oxidation sites excluding steroid dienone is 1. The number of nitrogens with two attached hydrogens (primary N) is 1. The van der Waals surface area contributed by atoms with Crippen molar-refractivity contribution in [1.29, 1.82) is 0 Å². The minimum absolute atomic E-state index is 0.264. The first-order valence-electron chi connectivity index (χ1n) is 4.04. The maximum Gasteiger partial charge on any atom is 0.260 e. The molecule has 0 saturated carbocycles. The standard InChI is InChI=1S/C9H10N2O3S/c1-5(12)4-7(13)11-6-2-3-15-8(6)9(10)14/h2-4,12H,1H3,(H2,10,14)(H,11,13)/p-1/b5-4-. The second-order valence-electron chi connectivity index (χ2n) is 2.77. The summed E-state index contributed by atoms with van der Waals surface area (Å²) in [5, 5.41) is 14.6. The number of carbonyl (C=O) groups is 2. The molecule has 0 radical (unpaired) electrons. The fraction of sp³-hybridized carbons (Fsp3) is 0.111. The van der Waals surface area contributed by atoms with Crippen molar-refractivity contribution in [3.63, 3.8) is 0 Å². The number of primary amides is 1. The Bertz CT molecular complexity index is 419. The van der Waals surface area contributed by atoms with Crippen molar-refractivity contribution in [3.8, 4) is 0 Å². The second kappa shape index (κ2) is 4.61. The molecule has 3 N–H and O–H groups in total. The van der Waals surface area contributed by atoms with Crippen LogP contribution in [0.4, 0.5) is 5.69 Å². The highest BCUT2D eigenvalue weighted by atomic mass is 32.1. The molecule has 1 rings (SSSR count). The zero-order chi connectivity index (χ0) is 11.4. The van der Waals surface area contributed by atoms with Gasteiger partial charge in [-0.05, 0) is 17.5 Å². The third-order valence-electron chi connectivity index (χ3n) is 1.48. The number of rotatable bonds is 3. The molecule has 0 spiro atoms. The van der Waals surface area contributed by atoms with Crippen molar-refractivity contribution < 1.29 is 14.7 Å². The number of nitrogens with one attached hydrogen (secondary N) is 1. The van der Waals surface area contributed by atoms with Gasteiger partial charge in [-0.2, -0.15) is 0 Å². The number of amides is 2. The quantitative estimate of drug-likeness (QED) is 0.562. The third-order valence-corrected chi connectivity index (χ3v) is 2.41. The van der Waals surface area contributed by atoms with E-state index in [-0.39, 0.29) is 10.6 Å². The fourth-order valence-corrected chi connectivity index (χ4v) is 1.65. The summed E-state index contributed by atoms with van der Waals surface area (Å²) in [6, 6.07) is 1.55. The summed E-state index contributed by atoms with van der Waals surface area (Å²) in [5.41, 5.74) is 5.41. The van der Waals surface area contributed by atoms with E-state index in [2.05, 4.69) is 5.32 Å². The molecule has 1 aromatic rings. The van der Waals surface area contributed by atoms with Gasteiger partial charge in [0.2, 0.25) is 5.91 Å². The van der Waals surface area contributed by atoms with E-state index in [0.717, 1.165) is 17.4 Å². The predicted octanol–water partition coefficient (Wildman–Crippen LogP) is 0.0496. The van der Waals surface area contributed by atoms with Gasteiger partial charge in [-0.3, -0.25) is 9.59 Å². The number of anilines is 1. The van der Waals surface area contributed by atoms with Gasteiger partial charge in [0.05, 0.1) is 5.69 Å². The van der Waals surface area contributed by atoms with Crippen LogP contribution in [0.5, 0.6) is 0 Å². The van der Waals surface area contributed by atoms with Crippen LogP contribution in [0, 0.1) is 0 Å². The second-order valence-corrected chi connectivity index (χ2v) is 3.69. The molecule has 0 fully saturated rings. The highest BCUT2D eigenvalue weighted by molar-refractivity contribution is 7.12. The Kier molecular flexibility index (Phi) is 3.46. The SMILES string of the molecule is C/C([O-])=C/C(=O)Nc1ccsc1C(N)=O. The van der Waals surface area contributed by atoms with Crippen LogP contribution in [0.1, 0.15) is 16.6 Å². The molecule has 5 nitrogen and oxygen atoms in total. The predicted molar refractivity (Wildman–Crippen MR) is 55.2 cm³/mol. The Hall–Kier alpha value is -1.82. The molecule has 1 heterocycles. The zero-order valence-corrected chi connectivity index (χ0v) is 8.76. The minimum Gasteiger partial charge on any atom is -0.875 e. The molecule has 0 saturated heterocycles. The van der Waals surface area contributed by atoms with E-state index in [4.69, 9.17) is 5.73 Å². The minimum atomic E-state index is -0.608. The first kappa shape index (κ1) is 11.3. The summed E-state index contributed by atoms with van der Waals surface area (Å²) in [6.45, 7) is 1.27. The van der Waals surface area contributed by atoms with Gasteiger partial charge >= 0.3 is 0 Å². The number of carbonyl (C=O) groups excluding carboxylic acids is 2. The van der Waals surface area contributed by atoms with Crippen LogP contribution in [0.3, 0.4) is 0 Å². The van der Waals surface area contributed by atoms with E-state index < -0.39 is 11.8 Å². The number of hydrogen-bond donors (Lipinski definition) is 2. The molecule has 1 aromatic heterocycles. The largest absolute Gasteiger partial charge is 0.875 e. The monoisotopic (exact) mass is 225 g/mol. The van der Waals surface area contributed by atoms with Crippen LogP contribution in [0.25, 0.3) is 0 Å². The lowest BCUT2D eigenvalue weighted by atomic mass is 10.3.